The summed E-state index contributed by atoms with van der Waals surface area (Å²) in [6, 6.07) is 9.60. The summed E-state index contributed by atoms with van der Waals surface area (Å²) >= 11 is 0. The van der Waals surface area contributed by atoms with Crippen molar-refractivity contribution in [2.75, 3.05) is 0 Å². The molecule has 1 N–H and O–H groups in total. The summed E-state index contributed by atoms with van der Waals surface area (Å²) in [6.07, 6.45) is 4.13. The lowest BCUT2D eigenvalue weighted by molar-refractivity contribution is -0.109. The number of aldehydes is 1. The number of phenols is 1. The number of carbonyl (C=O) groups is 1. The second-order valence-electron chi connectivity index (χ2n) is 4.72. The molecule has 2 heteroatoms. The van der Waals surface area contributed by atoms with Crippen molar-refractivity contribution >= 4 is 17.1 Å². The minimum atomic E-state index is 0.0329. The summed E-state index contributed by atoms with van der Waals surface area (Å²) in [4.78, 5) is 11.1. The van der Waals surface area contributed by atoms with Crippen LogP contribution in [0.3, 0.4) is 0 Å². The topological polar surface area (TPSA) is 37.3 Å². The monoisotopic (exact) mass is 226 g/mol. The average Bonchev–Trinajstić information content (AvgIpc) is 2.35. The molecule has 0 saturated heterocycles. The Labute approximate surface area is 99.9 Å². The average molecular weight is 226 g/mol. The highest BCUT2D eigenvalue weighted by molar-refractivity contribution is 5.86. The van der Waals surface area contributed by atoms with Gasteiger partial charge in [-0.25, -0.2) is 0 Å². The zero-order valence-electron chi connectivity index (χ0n) is 9.52. The molecule has 17 heavy (non-hydrogen) atoms. The summed E-state index contributed by atoms with van der Waals surface area (Å²) < 4.78 is 0. The molecule has 3 rings (SSSR count). The van der Waals surface area contributed by atoms with Gasteiger partial charge in [-0.15, -0.1) is 0 Å². The highest BCUT2D eigenvalue weighted by Crippen LogP contribution is 2.34. The highest BCUT2D eigenvalue weighted by Gasteiger charge is 2.20. The van der Waals surface area contributed by atoms with E-state index in [0.29, 0.717) is 0 Å². The fourth-order valence-corrected chi connectivity index (χ4v) is 2.72. The largest absolute Gasteiger partial charge is 0.508 e. The number of hydrogen-bond donors (Lipinski definition) is 1. The quantitative estimate of drug-likeness (QED) is 0.758. The zero-order valence-corrected chi connectivity index (χ0v) is 9.52. The third-order valence-corrected chi connectivity index (χ3v) is 3.61. The van der Waals surface area contributed by atoms with Crippen LogP contribution in [0.15, 0.2) is 30.3 Å². The molecule has 1 unspecified atom stereocenters. The van der Waals surface area contributed by atoms with Crippen LogP contribution in [0.25, 0.3) is 10.8 Å². The number of hydrogen-bond acceptors (Lipinski definition) is 2. The first-order valence-corrected chi connectivity index (χ1v) is 5.99. The van der Waals surface area contributed by atoms with Crippen molar-refractivity contribution in [3.63, 3.8) is 0 Å². The van der Waals surface area contributed by atoms with Gasteiger partial charge in [0.05, 0.1) is 0 Å². The number of carbonyl (C=O) groups excluding carboxylic acids is 1. The molecule has 2 aromatic rings. The van der Waals surface area contributed by atoms with Gasteiger partial charge in [0, 0.05) is 5.92 Å². The molecule has 0 spiro atoms. The molecule has 0 saturated carbocycles. The zero-order chi connectivity index (χ0) is 11.8. The fraction of sp³-hybridized carbons (Fsp3) is 0.267. The Morgan fingerprint density at radius 1 is 1.18 bits per heavy atom. The lowest BCUT2D eigenvalue weighted by atomic mass is 9.82. The van der Waals surface area contributed by atoms with Crippen molar-refractivity contribution in [1.82, 2.24) is 0 Å². The molecule has 1 aliphatic rings. The molecule has 0 amide bonds. The Hall–Kier alpha value is -1.83. The maximum atomic E-state index is 11.1. The van der Waals surface area contributed by atoms with Gasteiger partial charge in [0.1, 0.15) is 12.0 Å². The van der Waals surface area contributed by atoms with E-state index in [1.165, 1.54) is 5.56 Å². The van der Waals surface area contributed by atoms with E-state index in [-0.39, 0.29) is 11.7 Å². The minimum absolute atomic E-state index is 0.0329. The molecule has 0 radical (unpaired) electrons. The molecule has 2 aromatic carbocycles. The molecular formula is C15H14O2. The van der Waals surface area contributed by atoms with Gasteiger partial charge in [-0.1, -0.05) is 18.2 Å². The van der Waals surface area contributed by atoms with E-state index in [9.17, 15) is 9.90 Å². The van der Waals surface area contributed by atoms with Crippen LogP contribution in [0.4, 0.5) is 0 Å². The maximum Gasteiger partial charge on any atom is 0.127 e. The van der Waals surface area contributed by atoms with Gasteiger partial charge < -0.3 is 9.90 Å². The second kappa shape index (κ2) is 3.88. The smallest absolute Gasteiger partial charge is 0.127 e. The Morgan fingerprint density at radius 3 is 2.88 bits per heavy atom. The predicted octanol–water partition coefficient (Wildman–Crippen LogP) is 3.16. The first kappa shape index (κ1) is 10.3. The van der Waals surface area contributed by atoms with Crippen molar-refractivity contribution < 1.29 is 9.90 Å². The molecular weight excluding hydrogens is 212 g/mol. The van der Waals surface area contributed by atoms with Crippen LogP contribution in [-0.2, 0) is 11.2 Å². The number of aromatic hydroxyl groups is 1. The Kier molecular flexibility index (Phi) is 2.36. The number of phenolic OH excluding ortho intramolecular Hbond substituents is 1. The lowest BCUT2D eigenvalue weighted by Gasteiger charge is -2.22. The van der Waals surface area contributed by atoms with Crippen LogP contribution in [0.5, 0.6) is 5.75 Å². The SMILES string of the molecule is O=CC1CCCc2cc3ccc(O)cc3cc21. The Morgan fingerprint density at radius 2 is 2.06 bits per heavy atom. The number of aryl methyl sites for hydroxylation is 1. The minimum Gasteiger partial charge on any atom is -0.508 e. The van der Waals surface area contributed by atoms with Crippen molar-refractivity contribution in [3.05, 3.63) is 41.5 Å². The van der Waals surface area contributed by atoms with E-state index in [0.717, 1.165) is 41.9 Å². The van der Waals surface area contributed by atoms with Gasteiger partial charge in [0.15, 0.2) is 0 Å². The van der Waals surface area contributed by atoms with Gasteiger partial charge in [-0.2, -0.15) is 0 Å². The van der Waals surface area contributed by atoms with Crippen LogP contribution in [-0.4, -0.2) is 11.4 Å². The summed E-state index contributed by atoms with van der Waals surface area (Å²) in [5.41, 5.74) is 2.43. The van der Waals surface area contributed by atoms with E-state index < -0.39 is 0 Å². The van der Waals surface area contributed by atoms with Crippen LogP contribution >= 0.6 is 0 Å². The number of benzene rings is 2. The standard InChI is InChI=1S/C15H14O2/c16-9-12-3-1-2-11-6-10-4-5-14(17)7-13(10)8-15(11)12/h4-9,12,17H,1-3H2. The molecule has 1 atom stereocenters. The molecule has 0 aliphatic heterocycles. The van der Waals surface area contributed by atoms with Crippen LogP contribution in [0.2, 0.25) is 0 Å². The van der Waals surface area contributed by atoms with Gasteiger partial charge in [-0.3, -0.25) is 0 Å². The van der Waals surface area contributed by atoms with Gasteiger partial charge in [0.25, 0.3) is 0 Å². The van der Waals surface area contributed by atoms with E-state index in [4.69, 9.17) is 0 Å². The molecule has 1 aliphatic carbocycles. The molecule has 0 bridgehead atoms. The van der Waals surface area contributed by atoms with Gasteiger partial charge in [-0.05, 0) is 53.3 Å². The third-order valence-electron chi connectivity index (χ3n) is 3.61. The van der Waals surface area contributed by atoms with Crippen LogP contribution in [0.1, 0.15) is 29.9 Å². The van der Waals surface area contributed by atoms with Crippen molar-refractivity contribution in [2.45, 2.75) is 25.2 Å². The first-order valence-electron chi connectivity index (χ1n) is 5.99. The fourth-order valence-electron chi connectivity index (χ4n) is 2.72. The molecule has 2 nitrogen and oxygen atoms in total. The van der Waals surface area contributed by atoms with Crippen molar-refractivity contribution in [2.24, 2.45) is 0 Å². The molecule has 86 valence electrons. The van der Waals surface area contributed by atoms with E-state index >= 15 is 0 Å². The van der Waals surface area contributed by atoms with Crippen LogP contribution < -0.4 is 0 Å². The van der Waals surface area contributed by atoms with Crippen molar-refractivity contribution in [1.29, 1.82) is 0 Å². The van der Waals surface area contributed by atoms with E-state index in [1.807, 2.05) is 6.07 Å². The Bertz CT molecular complexity index is 587. The summed E-state index contributed by atoms with van der Waals surface area (Å²) in [7, 11) is 0. The van der Waals surface area contributed by atoms with Gasteiger partial charge in [0.2, 0.25) is 0 Å². The van der Waals surface area contributed by atoms with Crippen LogP contribution in [0, 0.1) is 0 Å². The molecule has 0 fully saturated rings. The first-order chi connectivity index (χ1) is 8.28. The highest BCUT2D eigenvalue weighted by atomic mass is 16.3. The summed E-state index contributed by atoms with van der Waals surface area (Å²) in [6.45, 7) is 0. The third kappa shape index (κ3) is 1.70. The maximum absolute atomic E-state index is 11.1. The van der Waals surface area contributed by atoms with Gasteiger partial charge >= 0.3 is 0 Å². The van der Waals surface area contributed by atoms with E-state index in [2.05, 4.69) is 12.1 Å². The Balaban J connectivity index is 2.25. The summed E-state index contributed by atoms with van der Waals surface area (Å²) in [5.74, 6) is 0.307. The number of fused-ring (bicyclic) bond motifs is 2. The molecule has 0 heterocycles. The molecule has 0 aromatic heterocycles. The lowest BCUT2D eigenvalue weighted by Crippen LogP contribution is -2.10. The normalized spacial score (nSPS) is 18.9. The second-order valence-corrected chi connectivity index (χ2v) is 4.72. The summed E-state index contributed by atoms with van der Waals surface area (Å²) in [5, 5.41) is 11.6. The predicted molar refractivity (Wildman–Crippen MR) is 67.4 cm³/mol. The van der Waals surface area contributed by atoms with E-state index in [1.54, 1.807) is 12.1 Å². The van der Waals surface area contributed by atoms with Crippen molar-refractivity contribution in [3.8, 4) is 5.75 Å². The number of rotatable bonds is 1.